The van der Waals surface area contributed by atoms with Crippen molar-refractivity contribution in [2.75, 3.05) is 11.9 Å². The first-order valence-corrected chi connectivity index (χ1v) is 6.75. The van der Waals surface area contributed by atoms with Crippen LogP contribution in [0.5, 0.6) is 0 Å². The second kappa shape index (κ2) is 5.95. The highest BCUT2D eigenvalue weighted by Crippen LogP contribution is 2.33. The smallest absolute Gasteiger partial charge is 0.450 e. The Balaban J connectivity index is 0.000000361. The molecule has 2 N–H and O–H groups in total. The summed E-state index contributed by atoms with van der Waals surface area (Å²) in [6, 6.07) is 5.65. The Morgan fingerprint density at radius 2 is 1.86 bits per heavy atom. The molecule has 21 heavy (non-hydrogen) atoms. The van der Waals surface area contributed by atoms with Gasteiger partial charge in [-0.15, -0.1) is 0 Å². The van der Waals surface area contributed by atoms with Gasteiger partial charge in [-0.3, -0.25) is 9.59 Å². The van der Waals surface area contributed by atoms with Crippen LogP contribution in [-0.2, 0) is 11.2 Å². The first kappa shape index (κ1) is 15.0. The van der Waals surface area contributed by atoms with E-state index in [4.69, 9.17) is 15.0 Å². The van der Waals surface area contributed by atoms with E-state index < -0.39 is 6.16 Å². The number of likely N-dealkylation sites (N-methyl/N-ethyl adjacent to an activating group) is 1. The van der Waals surface area contributed by atoms with Crippen LogP contribution < -0.4 is 4.90 Å². The molecule has 0 saturated heterocycles. The van der Waals surface area contributed by atoms with Crippen molar-refractivity contribution < 1.29 is 24.6 Å². The number of ketones is 1. The monoisotopic (exact) mass is 291 g/mol. The molecule has 1 aliphatic heterocycles. The minimum absolute atomic E-state index is 0.105. The average molecular weight is 291 g/mol. The van der Waals surface area contributed by atoms with Gasteiger partial charge in [0.15, 0.2) is 5.78 Å². The molecule has 112 valence electrons. The first-order chi connectivity index (χ1) is 9.90. The van der Waals surface area contributed by atoms with E-state index in [1.807, 2.05) is 18.2 Å². The number of carbonyl (C=O) groups is 3. The molecule has 1 saturated carbocycles. The molecule has 2 aliphatic rings. The summed E-state index contributed by atoms with van der Waals surface area (Å²) in [5.41, 5.74) is 2.71. The second-order valence-electron chi connectivity index (χ2n) is 5.25. The van der Waals surface area contributed by atoms with Crippen molar-refractivity contribution in [3.8, 4) is 0 Å². The summed E-state index contributed by atoms with van der Waals surface area (Å²) in [6.45, 7) is 0. The molecule has 1 fully saturated rings. The summed E-state index contributed by atoms with van der Waals surface area (Å²) in [5.74, 6) is 0.581. The van der Waals surface area contributed by atoms with Crippen LogP contribution >= 0.6 is 0 Å². The number of anilines is 1. The van der Waals surface area contributed by atoms with Crippen molar-refractivity contribution in [2.45, 2.75) is 25.7 Å². The topological polar surface area (TPSA) is 94.9 Å². The number of rotatable bonds is 2. The Hall–Kier alpha value is -2.37. The number of carboxylic acid groups (broad SMARTS) is 2. The summed E-state index contributed by atoms with van der Waals surface area (Å²) in [6.07, 6.45) is 1.81. The molecular weight excluding hydrogens is 274 g/mol. The van der Waals surface area contributed by atoms with E-state index in [0.29, 0.717) is 6.42 Å². The van der Waals surface area contributed by atoms with Crippen LogP contribution in [0.1, 0.15) is 35.2 Å². The molecule has 0 aromatic heterocycles. The number of benzene rings is 1. The summed E-state index contributed by atoms with van der Waals surface area (Å²) in [7, 11) is 1.78. The predicted molar refractivity (Wildman–Crippen MR) is 75.9 cm³/mol. The van der Waals surface area contributed by atoms with E-state index >= 15 is 0 Å². The van der Waals surface area contributed by atoms with Crippen LogP contribution in [0, 0.1) is 5.92 Å². The highest BCUT2D eigenvalue weighted by atomic mass is 16.6. The lowest BCUT2D eigenvalue weighted by atomic mass is 9.79. The van der Waals surface area contributed by atoms with Crippen molar-refractivity contribution in [3.05, 3.63) is 29.3 Å². The van der Waals surface area contributed by atoms with E-state index in [2.05, 4.69) is 0 Å². The van der Waals surface area contributed by atoms with Crippen molar-refractivity contribution in [2.24, 2.45) is 5.92 Å². The van der Waals surface area contributed by atoms with Crippen LogP contribution in [-0.4, -0.2) is 35.1 Å². The third kappa shape index (κ3) is 3.21. The Kier molecular flexibility index (Phi) is 4.26. The molecule has 0 atom stereocenters. The summed E-state index contributed by atoms with van der Waals surface area (Å²) < 4.78 is 0. The molecule has 1 aromatic carbocycles. The van der Waals surface area contributed by atoms with Crippen LogP contribution in [0.3, 0.4) is 0 Å². The molecule has 1 heterocycles. The van der Waals surface area contributed by atoms with Crippen molar-refractivity contribution in [1.82, 2.24) is 0 Å². The number of hydrogen-bond acceptors (Lipinski definition) is 3. The van der Waals surface area contributed by atoms with E-state index in [1.165, 1.54) is 6.42 Å². The van der Waals surface area contributed by atoms with Gasteiger partial charge in [0.25, 0.3) is 0 Å². The van der Waals surface area contributed by atoms with Crippen LogP contribution in [0.15, 0.2) is 18.2 Å². The fourth-order valence-electron chi connectivity index (χ4n) is 2.53. The molecule has 0 spiro atoms. The van der Waals surface area contributed by atoms with E-state index in [9.17, 15) is 9.59 Å². The number of nitrogens with zero attached hydrogens (tertiary/aromatic N) is 1. The highest BCUT2D eigenvalue weighted by Gasteiger charge is 2.29. The van der Waals surface area contributed by atoms with E-state index in [0.717, 1.165) is 29.7 Å². The van der Waals surface area contributed by atoms with Gasteiger partial charge in [0.1, 0.15) is 0 Å². The zero-order valence-electron chi connectivity index (χ0n) is 11.7. The third-order valence-electron chi connectivity index (χ3n) is 3.92. The lowest BCUT2D eigenvalue weighted by molar-refractivity contribution is -0.117. The quantitative estimate of drug-likeness (QED) is 0.816. The molecule has 0 radical (unpaired) electrons. The van der Waals surface area contributed by atoms with E-state index in [1.54, 1.807) is 11.9 Å². The van der Waals surface area contributed by atoms with Crippen molar-refractivity contribution in [3.63, 3.8) is 0 Å². The number of fused-ring (bicyclic) bond motifs is 1. The maximum Gasteiger partial charge on any atom is 0.503 e. The van der Waals surface area contributed by atoms with Gasteiger partial charge in [0.2, 0.25) is 5.91 Å². The molecule has 1 amide bonds. The van der Waals surface area contributed by atoms with Crippen molar-refractivity contribution in [1.29, 1.82) is 0 Å². The zero-order valence-corrected chi connectivity index (χ0v) is 11.7. The van der Waals surface area contributed by atoms with Gasteiger partial charge in [-0.2, -0.15) is 0 Å². The number of carbonyl (C=O) groups excluding carboxylic acids is 2. The Bertz CT molecular complexity index is 588. The molecule has 0 unspecified atom stereocenters. The summed E-state index contributed by atoms with van der Waals surface area (Å²) in [4.78, 5) is 33.9. The number of hydrogen-bond donors (Lipinski definition) is 2. The Morgan fingerprint density at radius 3 is 2.38 bits per heavy atom. The van der Waals surface area contributed by atoms with Gasteiger partial charge in [-0.05, 0) is 36.6 Å². The molecule has 0 bridgehead atoms. The van der Waals surface area contributed by atoms with Gasteiger partial charge >= 0.3 is 6.16 Å². The first-order valence-electron chi connectivity index (χ1n) is 6.75. The van der Waals surface area contributed by atoms with Gasteiger partial charge in [0, 0.05) is 24.2 Å². The maximum absolute atomic E-state index is 12.1. The van der Waals surface area contributed by atoms with Crippen molar-refractivity contribution >= 4 is 23.5 Å². The second-order valence-corrected chi connectivity index (χ2v) is 5.25. The molecule has 1 aromatic rings. The van der Waals surface area contributed by atoms with Crippen LogP contribution in [0.4, 0.5) is 10.5 Å². The molecular formula is C15H17NO5. The lowest BCUT2D eigenvalue weighted by Gasteiger charge is -2.24. The number of amides is 1. The minimum Gasteiger partial charge on any atom is -0.450 e. The van der Waals surface area contributed by atoms with E-state index in [-0.39, 0.29) is 17.6 Å². The van der Waals surface area contributed by atoms with Gasteiger partial charge in [0.05, 0.1) is 6.42 Å². The SMILES string of the molecule is CN1C(=O)Cc2cc(C(=O)C3CCC3)ccc21.O=C(O)O. The molecule has 6 nitrogen and oxygen atoms in total. The largest absolute Gasteiger partial charge is 0.503 e. The third-order valence-corrected chi connectivity index (χ3v) is 3.92. The predicted octanol–water partition coefficient (Wildman–Crippen LogP) is 2.41. The van der Waals surface area contributed by atoms with Crippen LogP contribution in [0.2, 0.25) is 0 Å². The fourth-order valence-corrected chi connectivity index (χ4v) is 2.53. The lowest BCUT2D eigenvalue weighted by Crippen LogP contribution is -2.22. The number of Topliss-reactive ketones (excluding diaryl/α,β-unsaturated/α-hetero) is 1. The summed E-state index contributed by atoms with van der Waals surface area (Å²) >= 11 is 0. The average Bonchev–Trinajstić information content (AvgIpc) is 2.62. The maximum atomic E-state index is 12.1. The molecule has 1 aliphatic carbocycles. The Labute approximate surface area is 122 Å². The standard InChI is InChI=1S/C14H15NO2.CH2O3/c1-15-12-6-5-10(7-11(12)8-13(15)16)14(17)9-3-2-4-9;2-1(3)4/h5-7,9H,2-4,8H2,1H3;(H2,2,3,4). The Morgan fingerprint density at radius 1 is 1.24 bits per heavy atom. The summed E-state index contributed by atoms with van der Waals surface area (Å²) in [5, 5.41) is 13.9. The minimum atomic E-state index is -1.83. The fraction of sp³-hybridized carbons (Fsp3) is 0.400. The molecule has 3 rings (SSSR count). The van der Waals surface area contributed by atoms with Gasteiger partial charge < -0.3 is 15.1 Å². The van der Waals surface area contributed by atoms with Crippen LogP contribution in [0.25, 0.3) is 0 Å². The van der Waals surface area contributed by atoms with Gasteiger partial charge in [-0.1, -0.05) is 6.42 Å². The zero-order chi connectivity index (χ0) is 15.6. The highest BCUT2D eigenvalue weighted by molar-refractivity contribution is 6.04. The normalized spacial score (nSPS) is 16.6. The van der Waals surface area contributed by atoms with Gasteiger partial charge in [-0.25, -0.2) is 4.79 Å². The molecule has 6 heteroatoms.